The number of nitrogens with zero attached hydrogens (tertiary/aromatic N) is 4. The van der Waals surface area contributed by atoms with Crippen LogP contribution < -0.4 is 5.56 Å². The van der Waals surface area contributed by atoms with Gasteiger partial charge >= 0.3 is 0 Å². The molecule has 0 N–H and O–H groups in total. The molecule has 0 saturated heterocycles. The summed E-state index contributed by atoms with van der Waals surface area (Å²) in [5.41, 5.74) is 3.41. The highest BCUT2D eigenvalue weighted by molar-refractivity contribution is 7.91. The van der Waals surface area contributed by atoms with E-state index in [2.05, 4.69) is 9.38 Å². The molecule has 28 heavy (non-hydrogen) atoms. The lowest BCUT2D eigenvalue weighted by molar-refractivity contribution is 0.561. The molecule has 0 fully saturated rings. The standard InChI is InChI=1S/C21H24N4O2S/c1-13-10-16(14(2)24-28(27)21(3,4)5)18-17(11-13)20(26)25(6)19(23-18)15-8-7-9-22-12-15/h7-12H,1-6H3/t28-/m1/s1. The van der Waals surface area contributed by atoms with Crippen molar-refractivity contribution < 1.29 is 4.55 Å². The van der Waals surface area contributed by atoms with E-state index >= 15 is 0 Å². The molecular formula is C21H24N4O2S. The minimum atomic E-state index is -1.40. The third-order valence-corrected chi connectivity index (χ3v) is 5.87. The van der Waals surface area contributed by atoms with Crippen molar-refractivity contribution in [3.05, 3.63) is 58.1 Å². The van der Waals surface area contributed by atoms with Crippen LogP contribution in [0.2, 0.25) is 0 Å². The monoisotopic (exact) mass is 396 g/mol. The Kier molecular flexibility index (Phi) is 5.41. The summed E-state index contributed by atoms with van der Waals surface area (Å²) in [5.74, 6) is 0.528. The molecule has 0 amide bonds. The zero-order valence-electron chi connectivity index (χ0n) is 17.0. The summed E-state index contributed by atoms with van der Waals surface area (Å²) in [5, 5.41) is 0.515. The first-order chi connectivity index (χ1) is 13.1. The van der Waals surface area contributed by atoms with Crippen molar-refractivity contribution in [1.29, 1.82) is 0 Å². The van der Waals surface area contributed by atoms with Crippen LogP contribution in [0.25, 0.3) is 22.3 Å². The van der Waals surface area contributed by atoms with Crippen LogP contribution in [0.3, 0.4) is 0 Å². The van der Waals surface area contributed by atoms with Gasteiger partial charge in [-0.3, -0.25) is 14.3 Å². The van der Waals surface area contributed by atoms with Gasteiger partial charge in [-0.2, -0.15) is 0 Å². The summed E-state index contributed by atoms with van der Waals surface area (Å²) in [6.45, 7) is 9.36. The highest BCUT2D eigenvalue weighted by Gasteiger charge is 2.27. The molecule has 0 unspecified atom stereocenters. The predicted octanol–water partition coefficient (Wildman–Crippen LogP) is 3.58. The maximum atomic E-state index is 13.0. The molecule has 3 rings (SSSR count). The van der Waals surface area contributed by atoms with Gasteiger partial charge in [-0.05, 0) is 64.4 Å². The molecule has 0 spiro atoms. The van der Waals surface area contributed by atoms with Crippen molar-refractivity contribution in [1.82, 2.24) is 14.5 Å². The first kappa shape index (κ1) is 20.2. The Labute approximate surface area is 167 Å². The van der Waals surface area contributed by atoms with Gasteiger partial charge < -0.3 is 4.55 Å². The van der Waals surface area contributed by atoms with Crippen LogP contribution in [-0.2, 0) is 18.4 Å². The minimum absolute atomic E-state index is 0.140. The van der Waals surface area contributed by atoms with E-state index in [1.54, 1.807) is 32.4 Å². The molecule has 0 radical (unpaired) electrons. The van der Waals surface area contributed by atoms with Crippen molar-refractivity contribution in [3.63, 3.8) is 0 Å². The lowest BCUT2D eigenvalue weighted by Crippen LogP contribution is -2.27. The van der Waals surface area contributed by atoms with Crippen LogP contribution in [0.5, 0.6) is 0 Å². The highest BCUT2D eigenvalue weighted by Crippen LogP contribution is 2.24. The molecule has 7 heteroatoms. The Morgan fingerprint density at radius 2 is 2.00 bits per heavy atom. The van der Waals surface area contributed by atoms with E-state index in [0.29, 0.717) is 22.4 Å². The molecule has 0 saturated carbocycles. The fraction of sp³-hybridized carbons (Fsp3) is 0.333. The molecule has 1 aromatic carbocycles. The molecule has 3 aromatic rings. The Balaban J connectivity index is 2.31. The zero-order chi connectivity index (χ0) is 20.6. The summed E-state index contributed by atoms with van der Waals surface area (Å²) < 4.78 is 18.0. The lowest BCUT2D eigenvalue weighted by atomic mass is 10.0. The molecule has 0 aliphatic heterocycles. The highest BCUT2D eigenvalue weighted by atomic mass is 32.2. The van der Waals surface area contributed by atoms with Crippen LogP contribution >= 0.6 is 0 Å². The van der Waals surface area contributed by atoms with Gasteiger partial charge in [0.15, 0.2) is 0 Å². The lowest BCUT2D eigenvalue weighted by Gasteiger charge is -2.19. The second-order valence-electron chi connectivity index (χ2n) is 7.79. The first-order valence-electron chi connectivity index (χ1n) is 8.99. The maximum Gasteiger partial charge on any atom is 0.261 e. The molecule has 2 heterocycles. The normalized spacial score (nSPS) is 13.8. The SMILES string of the molecule is CC(=N[S@+]([O-])C(C)(C)C)c1cc(C)cc2c(=O)n(C)c(-c3cccnc3)nc12. The van der Waals surface area contributed by atoms with Crippen LogP contribution in [0.15, 0.2) is 45.9 Å². The van der Waals surface area contributed by atoms with E-state index < -0.39 is 16.1 Å². The molecule has 0 bridgehead atoms. The summed E-state index contributed by atoms with van der Waals surface area (Å²) in [4.78, 5) is 21.9. The van der Waals surface area contributed by atoms with E-state index in [0.717, 1.165) is 16.7 Å². The van der Waals surface area contributed by atoms with E-state index in [4.69, 9.17) is 4.98 Å². The van der Waals surface area contributed by atoms with Crippen molar-refractivity contribution in [2.24, 2.45) is 11.4 Å². The number of hydrogen-bond acceptors (Lipinski definition) is 5. The van der Waals surface area contributed by atoms with Gasteiger partial charge in [0.2, 0.25) is 0 Å². The average Bonchev–Trinajstić information content (AvgIpc) is 2.64. The molecule has 1 atom stereocenters. The Hall–Kier alpha value is -2.51. The summed E-state index contributed by atoms with van der Waals surface area (Å²) in [7, 11) is 1.70. The number of aromatic nitrogens is 3. The van der Waals surface area contributed by atoms with Gasteiger partial charge in [-0.15, -0.1) is 0 Å². The third-order valence-electron chi connectivity index (χ3n) is 4.38. The van der Waals surface area contributed by atoms with Gasteiger partial charge in [-0.25, -0.2) is 4.98 Å². The molecular weight excluding hydrogens is 372 g/mol. The van der Waals surface area contributed by atoms with Crippen molar-refractivity contribution >= 4 is 28.0 Å². The molecule has 6 nitrogen and oxygen atoms in total. The van der Waals surface area contributed by atoms with Crippen LogP contribution in [0.4, 0.5) is 0 Å². The Bertz CT molecular complexity index is 1120. The topological polar surface area (TPSA) is 83.2 Å². The summed E-state index contributed by atoms with van der Waals surface area (Å²) in [6.07, 6.45) is 3.35. The van der Waals surface area contributed by atoms with Gasteiger partial charge in [0.25, 0.3) is 5.56 Å². The smallest absolute Gasteiger partial charge is 0.261 e. The van der Waals surface area contributed by atoms with E-state index in [-0.39, 0.29) is 5.56 Å². The molecule has 0 aliphatic rings. The van der Waals surface area contributed by atoms with Gasteiger partial charge in [0.1, 0.15) is 21.9 Å². The zero-order valence-corrected chi connectivity index (χ0v) is 17.8. The number of benzene rings is 1. The fourth-order valence-electron chi connectivity index (χ4n) is 2.86. The van der Waals surface area contributed by atoms with Crippen molar-refractivity contribution in [2.45, 2.75) is 39.4 Å². The quantitative estimate of drug-likeness (QED) is 0.500. The number of fused-ring (bicyclic) bond motifs is 1. The maximum absolute atomic E-state index is 13.0. The number of rotatable bonds is 3. The second-order valence-corrected chi connectivity index (χ2v) is 9.69. The number of pyridine rings is 1. The van der Waals surface area contributed by atoms with E-state index in [1.807, 2.05) is 45.9 Å². The molecule has 146 valence electrons. The first-order valence-corrected chi connectivity index (χ1v) is 10.1. The summed E-state index contributed by atoms with van der Waals surface area (Å²) in [6, 6.07) is 7.43. The van der Waals surface area contributed by atoms with E-state index in [9.17, 15) is 9.35 Å². The second kappa shape index (κ2) is 7.48. The van der Waals surface area contributed by atoms with Crippen LogP contribution in [0.1, 0.15) is 38.8 Å². The van der Waals surface area contributed by atoms with E-state index in [1.165, 1.54) is 4.57 Å². The van der Waals surface area contributed by atoms with Gasteiger partial charge in [0.05, 0.1) is 16.6 Å². The largest absolute Gasteiger partial charge is 0.591 e. The predicted molar refractivity (Wildman–Crippen MR) is 115 cm³/mol. The Morgan fingerprint density at radius 1 is 1.29 bits per heavy atom. The van der Waals surface area contributed by atoms with Gasteiger partial charge in [-0.1, -0.05) is 4.40 Å². The average molecular weight is 397 g/mol. The molecule has 0 aliphatic carbocycles. The number of hydrogen-bond donors (Lipinski definition) is 0. The fourth-order valence-corrected chi connectivity index (χ4v) is 3.48. The minimum Gasteiger partial charge on any atom is -0.591 e. The van der Waals surface area contributed by atoms with Crippen LogP contribution in [-0.4, -0.2) is 29.5 Å². The summed E-state index contributed by atoms with van der Waals surface area (Å²) >= 11 is -1.40. The third kappa shape index (κ3) is 3.86. The Morgan fingerprint density at radius 3 is 2.61 bits per heavy atom. The number of aryl methyl sites for hydroxylation is 1. The van der Waals surface area contributed by atoms with Gasteiger partial charge in [0, 0.05) is 30.6 Å². The van der Waals surface area contributed by atoms with Crippen molar-refractivity contribution in [3.8, 4) is 11.4 Å². The molecule has 2 aromatic heterocycles. The van der Waals surface area contributed by atoms with Crippen molar-refractivity contribution in [2.75, 3.05) is 0 Å². The van der Waals surface area contributed by atoms with Crippen LogP contribution in [0, 0.1) is 6.92 Å².